The highest BCUT2D eigenvalue weighted by atomic mass is 19.1. The second-order valence-corrected chi connectivity index (χ2v) is 4.96. The summed E-state index contributed by atoms with van der Waals surface area (Å²) in [5.41, 5.74) is 2.76. The molecule has 0 aliphatic carbocycles. The second kappa shape index (κ2) is 6.79. The molecule has 114 valence electrons. The number of benzene rings is 1. The second-order valence-electron chi connectivity index (χ2n) is 4.96. The summed E-state index contributed by atoms with van der Waals surface area (Å²) >= 11 is 0. The molecule has 5 heteroatoms. The number of hydrogen-bond donors (Lipinski definition) is 1. The van der Waals surface area contributed by atoms with Crippen molar-refractivity contribution in [2.24, 2.45) is 0 Å². The lowest BCUT2D eigenvalue weighted by Crippen LogP contribution is -2.22. The van der Waals surface area contributed by atoms with Crippen molar-refractivity contribution in [2.45, 2.75) is 6.54 Å². The molecule has 3 aromatic rings. The molecule has 0 radical (unpaired) electrons. The van der Waals surface area contributed by atoms with Gasteiger partial charge in [0.2, 0.25) is 0 Å². The van der Waals surface area contributed by atoms with Gasteiger partial charge in [0.1, 0.15) is 5.82 Å². The molecule has 1 amide bonds. The quantitative estimate of drug-likeness (QED) is 0.805. The largest absolute Gasteiger partial charge is 0.348 e. The number of pyridine rings is 2. The number of rotatable bonds is 4. The van der Waals surface area contributed by atoms with Gasteiger partial charge in [-0.05, 0) is 42.0 Å². The topological polar surface area (TPSA) is 54.9 Å². The Hall–Kier alpha value is -3.08. The molecule has 2 heterocycles. The highest BCUT2D eigenvalue weighted by Gasteiger charge is 2.07. The Morgan fingerprint density at radius 1 is 0.957 bits per heavy atom. The molecular weight excluding hydrogens is 293 g/mol. The van der Waals surface area contributed by atoms with Gasteiger partial charge in [0.25, 0.3) is 5.91 Å². The van der Waals surface area contributed by atoms with Gasteiger partial charge in [0.15, 0.2) is 0 Å². The number of amides is 1. The number of nitrogens with one attached hydrogen (secondary N) is 1. The van der Waals surface area contributed by atoms with E-state index in [2.05, 4.69) is 15.3 Å². The number of aromatic nitrogens is 2. The van der Waals surface area contributed by atoms with Crippen LogP contribution in [0.2, 0.25) is 0 Å². The molecule has 0 bridgehead atoms. The summed E-state index contributed by atoms with van der Waals surface area (Å²) in [5.74, 6) is -0.524. The third-order valence-electron chi connectivity index (χ3n) is 3.32. The van der Waals surface area contributed by atoms with E-state index in [0.717, 1.165) is 11.3 Å². The number of carbonyl (C=O) groups is 1. The Balaban J connectivity index is 1.65. The van der Waals surface area contributed by atoms with Crippen molar-refractivity contribution < 1.29 is 9.18 Å². The molecular formula is C18H14FN3O. The first-order valence-corrected chi connectivity index (χ1v) is 7.12. The van der Waals surface area contributed by atoms with Crippen molar-refractivity contribution in [3.05, 3.63) is 83.9 Å². The van der Waals surface area contributed by atoms with Crippen LogP contribution in [0.3, 0.4) is 0 Å². The number of hydrogen-bond acceptors (Lipinski definition) is 3. The molecule has 2 aromatic heterocycles. The summed E-state index contributed by atoms with van der Waals surface area (Å²) in [7, 11) is 0. The van der Waals surface area contributed by atoms with Gasteiger partial charge < -0.3 is 5.32 Å². The van der Waals surface area contributed by atoms with Crippen LogP contribution >= 0.6 is 0 Å². The van der Waals surface area contributed by atoms with Crippen LogP contribution < -0.4 is 5.32 Å². The van der Waals surface area contributed by atoms with E-state index in [9.17, 15) is 9.18 Å². The van der Waals surface area contributed by atoms with Crippen LogP contribution in [0.4, 0.5) is 4.39 Å². The maximum absolute atomic E-state index is 12.8. The van der Waals surface area contributed by atoms with Crippen molar-refractivity contribution in [1.82, 2.24) is 15.3 Å². The fourth-order valence-electron chi connectivity index (χ4n) is 2.08. The minimum atomic E-state index is -0.297. The Labute approximate surface area is 133 Å². The van der Waals surface area contributed by atoms with Crippen molar-refractivity contribution in [1.29, 1.82) is 0 Å². The average molecular weight is 307 g/mol. The molecule has 23 heavy (non-hydrogen) atoms. The maximum Gasteiger partial charge on any atom is 0.253 e. The first-order valence-electron chi connectivity index (χ1n) is 7.12. The van der Waals surface area contributed by atoms with Crippen LogP contribution in [-0.4, -0.2) is 15.9 Å². The Kier molecular flexibility index (Phi) is 4.38. The van der Waals surface area contributed by atoms with Crippen LogP contribution in [0.1, 0.15) is 15.9 Å². The molecule has 0 saturated carbocycles. The SMILES string of the molecule is O=C(NCc1ccc(F)cc1)c1ccc(-c2ccccn2)nc1. The Bertz CT molecular complexity index is 787. The van der Waals surface area contributed by atoms with E-state index < -0.39 is 0 Å². The third-order valence-corrected chi connectivity index (χ3v) is 3.32. The van der Waals surface area contributed by atoms with E-state index in [-0.39, 0.29) is 11.7 Å². The summed E-state index contributed by atoms with van der Waals surface area (Å²) in [4.78, 5) is 20.6. The molecule has 1 aromatic carbocycles. The monoisotopic (exact) mass is 307 g/mol. The molecule has 0 aliphatic rings. The minimum absolute atomic E-state index is 0.227. The maximum atomic E-state index is 12.8. The molecule has 1 N–H and O–H groups in total. The van der Waals surface area contributed by atoms with Gasteiger partial charge in [-0.1, -0.05) is 18.2 Å². The van der Waals surface area contributed by atoms with Crippen LogP contribution in [-0.2, 0) is 6.54 Å². The van der Waals surface area contributed by atoms with Crippen molar-refractivity contribution in [3.8, 4) is 11.4 Å². The van der Waals surface area contributed by atoms with E-state index in [4.69, 9.17) is 0 Å². The number of carbonyl (C=O) groups excluding carboxylic acids is 1. The summed E-state index contributed by atoms with van der Waals surface area (Å²) < 4.78 is 12.8. The summed E-state index contributed by atoms with van der Waals surface area (Å²) in [6.45, 7) is 0.334. The summed E-state index contributed by atoms with van der Waals surface area (Å²) in [5, 5.41) is 2.78. The highest BCUT2D eigenvalue weighted by molar-refractivity contribution is 5.94. The third kappa shape index (κ3) is 3.77. The van der Waals surface area contributed by atoms with Crippen LogP contribution in [0.5, 0.6) is 0 Å². The van der Waals surface area contributed by atoms with Crippen LogP contribution in [0, 0.1) is 5.82 Å². The smallest absolute Gasteiger partial charge is 0.253 e. The zero-order valence-electron chi connectivity index (χ0n) is 12.2. The van der Waals surface area contributed by atoms with E-state index >= 15 is 0 Å². The molecule has 4 nitrogen and oxygen atoms in total. The van der Waals surface area contributed by atoms with Crippen molar-refractivity contribution in [2.75, 3.05) is 0 Å². The predicted octanol–water partition coefficient (Wildman–Crippen LogP) is 3.21. The van der Waals surface area contributed by atoms with Gasteiger partial charge in [-0.3, -0.25) is 14.8 Å². The van der Waals surface area contributed by atoms with E-state index in [1.165, 1.54) is 18.3 Å². The highest BCUT2D eigenvalue weighted by Crippen LogP contribution is 2.13. The lowest BCUT2D eigenvalue weighted by Gasteiger charge is -2.06. The fraction of sp³-hybridized carbons (Fsp3) is 0.0556. The van der Waals surface area contributed by atoms with E-state index in [1.807, 2.05) is 18.2 Å². The molecule has 0 unspecified atom stereocenters. The lowest BCUT2D eigenvalue weighted by molar-refractivity contribution is 0.0950. The lowest BCUT2D eigenvalue weighted by atomic mass is 10.2. The van der Waals surface area contributed by atoms with Gasteiger partial charge in [-0.25, -0.2) is 4.39 Å². The first kappa shape index (κ1) is 14.8. The van der Waals surface area contributed by atoms with Gasteiger partial charge in [0.05, 0.1) is 17.0 Å². The van der Waals surface area contributed by atoms with Gasteiger partial charge >= 0.3 is 0 Å². The average Bonchev–Trinajstić information content (AvgIpc) is 2.62. The number of halogens is 1. The van der Waals surface area contributed by atoms with Gasteiger partial charge in [0, 0.05) is 18.9 Å². The standard InChI is InChI=1S/C18H14FN3O/c19-15-7-4-13(5-8-15)11-22-18(23)14-6-9-17(21-12-14)16-3-1-2-10-20-16/h1-10,12H,11H2,(H,22,23). The van der Waals surface area contributed by atoms with E-state index in [0.29, 0.717) is 17.8 Å². The normalized spacial score (nSPS) is 10.3. The fourth-order valence-corrected chi connectivity index (χ4v) is 2.08. The molecule has 3 rings (SSSR count). The minimum Gasteiger partial charge on any atom is -0.348 e. The zero-order valence-corrected chi connectivity index (χ0v) is 12.2. The predicted molar refractivity (Wildman–Crippen MR) is 85.0 cm³/mol. The number of nitrogens with zero attached hydrogens (tertiary/aromatic N) is 2. The molecule has 0 atom stereocenters. The van der Waals surface area contributed by atoms with Crippen LogP contribution in [0.15, 0.2) is 67.0 Å². The summed E-state index contributed by atoms with van der Waals surface area (Å²) in [6.07, 6.45) is 3.21. The van der Waals surface area contributed by atoms with Crippen molar-refractivity contribution >= 4 is 5.91 Å². The zero-order chi connectivity index (χ0) is 16.1. The molecule has 0 saturated heterocycles. The molecule has 0 spiro atoms. The Morgan fingerprint density at radius 3 is 2.39 bits per heavy atom. The van der Waals surface area contributed by atoms with Gasteiger partial charge in [-0.15, -0.1) is 0 Å². The Morgan fingerprint density at radius 2 is 1.74 bits per heavy atom. The van der Waals surface area contributed by atoms with Crippen molar-refractivity contribution in [3.63, 3.8) is 0 Å². The first-order chi connectivity index (χ1) is 11.2. The summed E-state index contributed by atoms with van der Waals surface area (Å²) in [6, 6.07) is 15.0. The molecule has 0 aliphatic heterocycles. The van der Waals surface area contributed by atoms with E-state index in [1.54, 1.807) is 30.5 Å². The van der Waals surface area contributed by atoms with Crippen LogP contribution in [0.25, 0.3) is 11.4 Å². The van der Waals surface area contributed by atoms with Gasteiger partial charge in [-0.2, -0.15) is 0 Å². The molecule has 0 fully saturated rings.